The molecule has 4 rings (SSSR count). The van der Waals surface area contributed by atoms with Crippen molar-refractivity contribution in [3.8, 4) is 22.6 Å². The Balaban J connectivity index is 1.73. The molecule has 0 radical (unpaired) electrons. The number of esters is 2. The summed E-state index contributed by atoms with van der Waals surface area (Å²) in [5.74, 6) is -1.44. The van der Waals surface area contributed by atoms with Crippen LogP contribution in [0.5, 0.6) is 11.5 Å². The van der Waals surface area contributed by atoms with Gasteiger partial charge in [-0.05, 0) is 55.2 Å². The highest BCUT2D eigenvalue weighted by Gasteiger charge is 2.34. The lowest BCUT2D eigenvalue weighted by molar-refractivity contribution is -0.274. The monoisotopic (exact) mass is 524 g/mol. The van der Waals surface area contributed by atoms with Gasteiger partial charge in [0.25, 0.3) is 0 Å². The normalized spacial score (nSPS) is 11.4. The average Bonchev–Trinajstić information content (AvgIpc) is 3.28. The maximum atomic E-state index is 13.5. The molecule has 6 nitrogen and oxygen atoms in total. The van der Waals surface area contributed by atoms with Crippen molar-refractivity contribution in [2.24, 2.45) is 0 Å². The van der Waals surface area contributed by atoms with Crippen LogP contribution in [0.2, 0.25) is 0 Å². The van der Waals surface area contributed by atoms with Crippen molar-refractivity contribution < 1.29 is 41.4 Å². The quantitative estimate of drug-likeness (QED) is 0.0997. The Labute approximate surface area is 215 Å². The second-order valence-corrected chi connectivity index (χ2v) is 8.33. The van der Waals surface area contributed by atoms with Gasteiger partial charge in [0.05, 0.1) is 6.61 Å². The van der Waals surface area contributed by atoms with E-state index in [9.17, 15) is 22.8 Å². The number of hydrogen-bond donors (Lipinski definition) is 0. The predicted molar refractivity (Wildman–Crippen MR) is 136 cm³/mol. The molecule has 38 heavy (non-hydrogen) atoms. The Morgan fingerprint density at radius 1 is 0.921 bits per heavy atom. The van der Waals surface area contributed by atoms with E-state index in [-0.39, 0.29) is 29.1 Å². The number of carbonyl (C=O) groups is 2. The molecular weight excluding hydrogens is 501 g/mol. The van der Waals surface area contributed by atoms with E-state index in [1.54, 1.807) is 55.5 Å². The van der Waals surface area contributed by atoms with Crippen LogP contribution in [0.1, 0.15) is 17.5 Å². The first-order chi connectivity index (χ1) is 18.1. The van der Waals surface area contributed by atoms with E-state index in [0.29, 0.717) is 34.7 Å². The Bertz CT molecular complexity index is 1530. The van der Waals surface area contributed by atoms with Crippen molar-refractivity contribution in [1.82, 2.24) is 0 Å². The zero-order valence-corrected chi connectivity index (χ0v) is 20.4. The third-order valence-corrected chi connectivity index (χ3v) is 5.84. The Kier molecular flexibility index (Phi) is 7.57. The molecule has 0 saturated carbocycles. The van der Waals surface area contributed by atoms with E-state index in [0.717, 1.165) is 17.7 Å². The fourth-order valence-electron chi connectivity index (χ4n) is 4.06. The summed E-state index contributed by atoms with van der Waals surface area (Å²) in [6.45, 7) is 8.56. The number of alkyl halides is 3. The van der Waals surface area contributed by atoms with Gasteiger partial charge in [0.15, 0.2) is 11.3 Å². The fourth-order valence-corrected chi connectivity index (χ4v) is 4.06. The van der Waals surface area contributed by atoms with E-state index in [1.165, 1.54) is 0 Å². The molecule has 4 aromatic rings. The first kappa shape index (κ1) is 26.5. The molecule has 0 aliphatic heterocycles. The first-order valence-electron chi connectivity index (χ1n) is 11.6. The molecule has 0 aliphatic carbocycles. The van der Waals surface area contributed by atoms with Gasteiger partial charge >= 0.3 is 18.3 Å². The van der Waals surface area contributed by atoms with Crippen molar-refractivity contribution in [1.29, 1.82) is 0 Å². The third kappa shape index (κ3) is 5.72. The van der Waals surface area contributed by atoms with E-state index < -0.39 is 24.1 Å². The van der Waals surface area contributed by atoms with Crippen molar-refractivity contribution >= 4 is 33.9 Å². The van der Waals surface area contributed by atoms with Crippen LogP contribution >= 0.6 is 0 Å². The van der Waals surface area contributed by atoms with Crippen LogP contribution in [0.25, 0.3) is 33.1 Å². The lowest BCUT2D eigenvalue weighted by Gasteiger charge is -2.14. The maximum absolute atomic E-state index is 13.5. The number of aryl methyl sites for hydroxylation is 2. The Morgan fingerprint density at radius 3 is 2.24 bits per heavy atom. The van der Waals surface area contributed by atoms with Crippen molar-refractivity contribution in [3.63, 3.8) is 0 Å². The molecule has 0 N–H and O–H groups in total. The molecule has 3 aromatic carbocycles. The lowest BCUT2D eigenvalue weighted by Crippen LogP contribution is -2.17. The Hall–Kier alpha value is -4.53. The van der Waals surface area contributed by atoms with Crippen LogP contribution in [-0.4, -0.2) is 24.9 Å². The number of furan rings is 1. The molecule has 0 amide bonds. The number of fused-ring (bicyclic) bond motifs is 3. The molecule has 1 heterocycles. The van der Waals surface area contributed by atoms with Gasteiger partial charge in [-0.25, -0.2) is 9.59 Å². The number of carbonyl (C=O) groups excluding carboxylic acids is 2. The predicted octanol–water partition coefficient (Wildman–Crippen LogP) is 7.21. The molecule has 0 aliphatic rings. The summed E-state index contributed by atoms with van der Waals surface area (Å²) in [6.07, 6.45) is -1.68. The molecule has 0 bridgehead atoms. The zero-order valence-electron chi connectivity index (χ0n) is 20.4. The van der Waals surface area contributed by atoms with Gasteiger partial charge in [-0.3, -0.25) is 0 Å². The molecule has 196 valence electrons. The Morgan fingerprint density at radius 2 is 1.58 bits per heavy atom. The summed E-state index contributed by atoms with van der Waals surface area (Å²) in [4.78, 5) is 22.8. The van der Waals surface area contributed by atoms with Crippen LogP contribution in [-0.2, 0) is 20.7 Å². The lowest BCUT2D eigenvalue weighted by atomic mass is 9.99. The largest absolute Gasteiger partial charge is 0.573 e. The maximum Gasteiger partial charge on any atom is 0.573 e. The molecule has 0 atom stereocenters. The zero-order chi connectivity index (χ0) is 27.4. The first-order valence-corrected chi connectivity index (χ1v) is 11.6. The van der Waals surface area contributed by atoms with E-state index >= 15 is 0 Å². The molecule has 1 aromatic heterocycles. The summed E-state index contributed by atoms with van der Waals surface area (Å²) in [5.41, 5.74) is 2.23. The summed E-state index contributed by atoms with van der Waals surface area (Å²) < 4.78 is 61.0. The number of benzene rings is 3. The van der Waals surface area contributed by atoms with Gasteiger partial charge in [0.1, 0.15) is 11.3 Å². The SMILES string of the molecule is C=CC(=O)OCCCc1ccc(-c2ccc3c(oc4c(C)c(OC(=O)C=C)ccc43)c2OC(F)(F)F)cc1. The summed E-state index contributed by atoms with van der Waals surface area (Å²) in [5, 5.41) is 0.959. The number of ether oxygens (including phenoxy) is 3. The molecule has 0 fully saturated rings. The topological polar surface area (TPSA) is 75.0 Å². The molecule has 9 heteroatoms. The summed E-state index contributed by atoms with van der Waals surface area (Å²) in [6, 6.07) is 13.3. The second kappa shape index (κ2) is 10.8. The molecule has 0 spiro atoms. The molecule has 0 unspecified atom stereocenters. The van der Waals surface area contributed by atoms with Gasteiger partial charge in [0.2, 0.25) is 0 Å². The highest BCUT2D eigenvalue weighted by Crippen LogP contribution is 2.45. The minimum absolute atomic E-state index is 0.0850. The van der Waals surface area contributed by atoms with Crippen molar-refractivity contribution in [3.05, 3.63) is 85.0 Å². The highest BCUT2D eigenvalue weighted by atomic mass is 19.4. The minimum Gasteiger partial charge on any atom is -0.463 e. The van der Waals surface area contributed by atoms with Crippen molar-refractivity contribution in [2.45, 2.75) is 26.1 Å². The van der Waals surface area contributed by atoms with Gasteiger partial charge in [-0.15, -0.1) is 13.2 Å². The molecule has 0 saturated heterocycles. The van der Waals surface area contributed by atoms with Gasteiger partial charge < -0.3 is 18.6 Å². The van der Waals surface area contributed by atoms with Crippen LogP contribution in [0.3, 0.4) is 0 Å². The summed E-state index contributed by atoms with van der Waals surface area (Å²) in [7, 11) is 0. The van der Waals surface area contributed by atoms with E-state index in [1.807, 2.05) is 0 Å². The average molecular weight is 524 g/mol. The van der Waals surface area contributed by atoms with Gasteiger partial charge in [-0.1, -0.05) is 37.4 Å². The van der Waals surface area contributed by atoms with E-state index in [2.05, 4.69) is 17.9 Å². The number of halogens is 3. The molecular formula is C29H23F3O6. The van der Waals surface area contributed by atoms with Crippen LogP contribution in [0.4, 0.5) is 13.2 Å². The van der Waals surface area contributed by atoms with Crippen LogP contribution in [0, 0.1) is 6.92 Å². The fraction of sp³-hybridized carbons (Fsp3) is 0.172. The number of hydrogen-bond acceptors (Lipinski definition) is 6. The van der Waals surface area contributed by atoms with E-state index in [4.69, 9.17) is 13.9 Å². The third-order valence-electron chi connectivity index (χ3n) is 5.84. The van der Waals surface area contributed by atoms with Crippen LogP contribution in [0.15, 0.2) is 78.3 Å². The van der Waals surface area contributed by atoms with Gasteiger partial charge in [0, 0.05) is 34.1 Å². The van der Waals surface area contributed by atoms with Crippen LogP contribution < -0.4 is 9.47 Å². The minimum atomic E-state index is -4.97. The second-order valence-electron chi connectivity index (χ2n) is 8.33. The summed E-state index contributed by atoms with van der Waals surface area (Å²) >= 11 is 0. The number of rotatable bonds is 9. The van der Waals surface area contributed by atoms with Gasteiger partial charge in [-0.2, -0.15) is 0 Å². The highest BCUT2D eigenvalue weighted by molar-refractivity contribution is 6.10. The standard InChI is InChI=1S/C29H23F3O6/c1-4-24(33)35-16-6-7-18-8-10-19(11-9-18)20-12-13-22-21-14-15-23(36-25(34)5-2)17(3)26(21)37-27(22)28(20)38-29(30,31)32/h4-5,8-15H,1-2,6-7,16H2,3H3. The smallest absolute Gasteiger partial charge is 0.463 e. The van der Waals surface area contributed by atoms with Crippen molar-refractivity contribution in [2.75, 3.05) is 6.61 Å².